The first-order valence-corrected chi connectivity index (χ1v) is 10.0. The van der Waals surface area contributed by atoms with E-state index in [0.29, 0.717) is 5.56 Å². The van der Waals surface area contributed by atoms with Crippen LogP contribution in [0.1, 0.15) is 11.3 Å². The lowest BCUT2D eigenvalue weighted by Crippen LogP contribution is -2.11. The van der Waals surface area contributed by atoms with Gasteiger partial charge in [0.15, 0.2) is 9.84 Å². The number of halogens is 3. The van der Waals surface area contributed by atoms with Crippen molar-refractivity contribution in [3.63, 3.8) is 0 Å². The van der Waals surface area contributed by atoms with E-state index < -0.39 is 21.6 Å². The van der Waals surface area contributed by atoms with Crippen LogP contribution in [0.3, 0.4) is 0 Å². The van der Waals surface area contributed by atoms with E-state index in [0.717, 1.165) is 18.5 Å². The van der Waals surface area contributed by atoms with Gasteiger partial charge in [-0.15, -0.1) is 0 Å². The highest BCUT2D eigenvalue weighted by Crippen LogP contribution is 2.41. The lowest BCUT2D eigenvalue weighted by atomic mass is 9.95. The van der Waals surface area contributed by atoms with Crippen LogP contribution in [-0.4, -0.2) is 29.6 Å². The lowest BCUT2D eigenvalue weighted by molar-refractivity contribution is -0.137. The van der Waals surface area contributed by atoms with E-state index in [2.05, 4.69) is 15.0 Å². The number of nitrogen functional groups attached to an aromatic ring is 2. The maximum absolute atomic E-state index is 13.6. The van der Waals surface area contributed by atoms with Gasteiger partial charge in [-0.1, -0.05) is 12.1 Å². The first-order valence-electron chi connectivity index (χ1n) is 8.15. The summed E-state index contributed by atoms with van der Waals surface area (Å²) in [5, 5.41) is 0. The molecule has 0 saturated heterocycles. The van der Waals surface area contributed by atoms with Gasteiger partial charge in [-0.05, 0) is 25.1 Å². The molecule has 0 saturated carbocycles. The molecule has 11 heteroatoms. The van der Waals surface area contributed by atoms with Crippen LogP contribution >= 0.6 is 0 Å². The van der Waals surface area contributed by atoms with Gasteiger partial charge in [-0.25, -0.2) is 23.4 Å². The molecule has 0 aliphatic carbocycles. The fraction of sp³-hybridized carbons (Fsp3) is 0.167. The topological polar surface area (TPSA) is 125 Å². The van der Waals surface area contributed by atoms with E-state index in [-0.39, 0.29) is 39.2 Å². The maximum atomic E-state index is 13.6. The standard InChI is InChI=1S/C18H16F3N5O2S/c1-9-15(12-8-24-14(22)7-13(12)18(19,20)21)16(26-17(23)25-9)10-3-5-11(6-4-10)29(2,27)28/h3-8H,1-2H3,(H2,22,24)(H2,23,25,26). The van der Waals surface area contributed by atoms with E-state index in [9.17, 15) is 21.6 Å². The van der Waals surface area contributed by atoms with E-state index in [1.807, 2.05) is 0 Å². The highest BCUT2D eigenvalue weighted by molar-refractivity contribution is 7.90. The SMILES string of the molecule is Cc1nc(N)nc(-c2ccc(S(C)(=O)=O)cc2)c1-c1cnc(N)cc1C(F)(F)F. The summed E-state index contributed by atoms with van der Waals surface area (Å²) in [5.41, 5.74) is 10.7. The van der Waals surface area contributed by atoms with Gasteiger partial charge in [0.05, 0.1) is 21.8 Å². The van der Waals surface area contributed by atoms with Crippen molar-refractivity contribution < 1.29 is 21.6 Å². The molecule has 0 aliphatic rings. The third-order valence-corrected chi connectivity index (χ3v) is 5.29. The fourth-order valence-corrected chi connectivity index (χ4v) is 3.52. The summed E-state index contributed by atoms with van der Waals surface area (Å²) in [6.07, 6.45) is -2.64. The normalized spacial score (nSPS) is 12.2. The first kappa shape index (κ1) is 20.5. The van der Waals surface area contributed by atoms with E-state index in [1.165, 1.54) is 31.2 Å². The van der Waals surface area contributed by atoms with Crippen molar-refractivity contribution in [2.45, 2.75) is 18.0 Å². The van der Waals surface area contributed by atoms with E-state index in [4.69, 9.17) is 11.5 Å². The molecular formula is C18H16F3N5O2S. The van der Waals surface area contributed by atoms with Gasteiger partial charge in [-0.2, -0.15) is 13.2 Å². The Kier molecular flexibility index (Phi) is 4.95. The number of pyridine rings is 1. The molecule has 0 fully saturated rings. The summed E-state index contributed by atoms with van der Waals surface area (Å²) in [6.45, 7) is 1.50. The number of sulfone groups is 1. The third kappa shape index (κ3) is 4.14. The lowest BCUT2D eigenvalue weighted by Gasteiger charge is -2.17. The molecule has 0 unspecified atom stereocenters. The van der Waals surface area contributed by atoms with Crippen molar-refractivity contribution >= 4 is 21.6 Å². The van der Waals surface area contributed by atoms with Gasteiger partial charge < -0.3 is 11.5 Å². The molecule has 3 aromatic rings. The molecule has 0 aliphatic heterocycles. The first-order chi connectivity index (χ1) is 13.4. The second-order valence-electron chi connectivity index (χ2n) is 6.34. The number of aromatic nitrogens is 3. The number of hydrogen-bond acceptors (Lipinski definition) is 7. The van der Waals surface area contributed by atoms with Crippen molar-refractivity contribution in [2.24, 2.45) is 0 Å². The van der Waals surface area contributed by atoms with Gasteiger partial charge in [0.25, 0.3) is 0 Å². The molecule has 1 aromatic carbocycles. The number of benzene rings is 1. The average molecular weight is 423 g/mol. The summed E-state index contributed by atoms with van der Waals surface area (Å²) in [4.78, 5) is 11.9. The van der Waals surface area contributed by atoms with Crippen LogP contribution in [0.4, 0.5) is 24.9 Å². The third-order valence-electron chi connectivity index (χ3n) is 4.16. The summed E-state index contributed by atoms with van der Waals surface area (Å²) in [7, 11) is -3.44. The minimum atomic E-state index is -4.70. The van der Waals surface area contributed by atoms with Crippen LogP contribution < -0.4 is 11.5 Å². The minimum absolute atomic E-state index is 0.0617. The van der Waals surface area contributed by atoms with Gasteiger partial charge in [0.1, 0.15) is 5.82 Å². The summed E-state index contributed by atoms with van der Waals surface area (Å²) >= 11 is 0. The Bertz CT molecular complexity index is 1190. The Morgan fingerprint density at radius 2 is 1.66 bits per heavy atom. The van der Waals surface area contributed by atoms with Crippen molar-refractivity contribution in [1.82, 2.24) is 15.0 Å². The van der Waals surface area contributed by atoms with Crippen molar-refractivity contribution in [1.29, 1.82) is 0 Å². The summed E-state index contributed by atoms with van der Waals surface area (Å²) in [5.74, 6) is -0.417. The molecule has 7 nitrogen and oxygen atoms in total. The Hall–Kier alpha value is -3.21. The second kappa shape index (κ2) is 6.99. The number of anilines is 2. The second-order valence-corrected chi connectivity index (χ2v) is 8.36. The molecule has 0 radical (unpaired) electrons. The summed E-state index contributed by atoms with van der Waals surface area (Å²) in [6, 6.07) is 6.31. The predicted octanol–water partition coefficient (Wildman–Crippen LogP) is 3.10. The van der Waals surface area contributed by atoms with Gasteiger partial charge >= 0.3 is 6.18 Å². The number of nitrogens with two attached hydrogens (primary N) is 2. The molecule has 2 aromatic heterocycles. The van der Waals surface area contributed by atoms with E-state index in [1.54, 1.807) is 0 Å². The molecular weight excluding hydrogens is 407 g/mol. The minimum Gasteiger partial charge on any atom is -0.384 e. The zero-order valence-electron chi connectivity index (χ0n) is 15.3. The van der Waals surface area contributed by atoms with Crippen molar-refractivity contribution in [3.05, 3.63) is 47.8 Å². The maximum Gasteiger partial charge on any atom is 0.417 e. The largest absolute Gasteiger partial charge is 0.417 e. The fourth-order valence-electron chi connectivity index (χ4n) is 2.89. The van der Waals surface area contributed by atoms with Crippen LogP contribution in [0, 0.1) is 6.92 Å². The van der Waals surface area contributed by atoms with Crippen molar-refractivity contribution in [3.8, 4) is 22.4 Å². The highest BCUT2D eigenvalue weighted by atomic mass is 32.2. The number of nitrogens with zero attached hydrogens (tertiary/aromatic N) is 3. The van der Waals surface area contributed by atoms with Crippen LogP contribution in [0.2, 0.25) is 0 Å². The van der Waals surface area contributed by atoms with Gasteiger partial charge in [-0.3, -0.25) is 0 Å². The van der Waals surface area contributed by atoms with Crippen LogP contribution in [0.25, 0.3) is 22.4 Å². The smallest absolute Gasteiger partial charge is 0.384 e. The molecule has 2 heterocycles. The quantitative estimate of drug-likeness (QED) is 0.663. The zero-order valence-corrected chi connectivity index (χ0v) is 16.1. The Morgan fingerprint density at radius 3 is 2.21 bits per heavy atom. The predicted molar refractivity (Wildman–Crippen MR) is 102 cm³/mol. The van der Waals surface area contributed by atoms with Gasteiger partial charge in [0, 0.05) is 29.1 Å². The average Bonchev–Trinajstić information content (AvgIpc) is 2.60. The van der Waals surface area contributed by atoms with Gasteiger partial charge in [0.2, 0.25) is 5.95 Å². The monoisotopic (exact) mass is 423 g/mol. The van der Waals surface area contributed by atoms with Crippen LogP contribution in [0.5, 0.6) is 0 Å². The molecule has 4 N–H and O–H groups in total. The van der Waals surface area contributed by atoms with Crippen LogP contribution in [-0.2, 0) is 16.0 Å². The summed E-state index contributed by atoms with van der Waals surface area (Å²) < 4.78 is 64.2. The van der Waals surface area contributed by atoms with Crippen molar-refractivity contribution in [2.75, 3.05) is 17.7 Å². The number of hydrogen-bond donors (Lipinski definition) is 2. The van der Waals surface area contributed by atoms with E-state index >= 15 is 0 Å². The van der Waals surface area contributed by atoms with Crippen LogP contribution in [0.15, 0.2) is 41.4 Å². The zero-order chi connectivity index (χ0) is 21.6. The molecule has 0 atom stereocenters. The molecule has 0 spiro atoms. The molecule has 0 amide bonds. The Morgan fingerprint density at radius 1 is 1.03 bits per heavy atom. The molecule has 0 bridgehead atoms. The molecule has 3 rings (SSSR count). The Balaban J connectivity index is 2.31. The highest BCUT2D eigenvalue weighted by Gasteiger charge is 2.35. The number of alkyl halides is 3. The molecule has 29 heavy (non-hydrogen) atoms. The molecule has 152 valence electrons. The number of aryl methyl sites for hydroxylation is 1. The number of rotatable bonds is 3. The Labute approximate surface area is 164 Å².